The van der Waals surface area contributed by atoms with Crippen molar-refractivity contribution in [3.63, 3.8) is 0 Å². The number of fused-ring (bicyclic) bond motifs is 1. The van der Waals surface area contributed by atoms with Crippen molar-refractivity contribution < 1.29 is 8.42 Å². The van der Waals surface area contributed by atoms with Crippen LogP contribution in [0.5, 0.6) is 0 Å². The maximum absolute atomic E-state index is 13.0. The van der Waals surface area contributed by atoms with Gasteiger partial charge in [0, 0.05) is 26.2 Å². The van der Waals surface area contributed by atoms with Gasteiger partial charge in [-0.25, -0.2) is 13.4 Å². The Balaban J connectivity index is 1.38. The summed E-state index contributed by atoms with van der Waals surface area (Å²) in [6, 6.07) is 9.10. The fourth-order valence-electron chi connectivity index (χ4n) is 3.16. The largest absolute Gasteiger partial charge is 0.306 e. The Morgan fingerprint density at radius 2 is 1.87 bits per heavy atom. The van der Waals surface area contributed by atoms with Crippen LogP contribution in [0.25, 0.3) is 20.1 Å². The molecule has 1 aliphatic rings. The number of hydrogen-bond acceptors (Lipinski definition) is 10. The molecule has 1 aliphatic heterocycles. The average Bonchev–Trinajstić information content (AvgIpc) is 3.48. The first-order chi connectivity index (χ1) is 14.5. The van der Waals surface area contributed by atoms with E-state index in [1.165, 1.54) is 22.7 Å². The van der Waals surface area contributed by atoms with Crippen LogP contribution in [-0.2, 0) is 10.0 Å². The van der Waals surface area contributed by atoms with Crippen molar-refractivity contribution in [1.29, 1.82) is 0 Å². The second-order valence-corrected chi connectivity index (χ2v) is 11.8. The molecule has 0 amide bonds. The number of nitrogens with zero attached hydrogens (tertiary/aromatic N) is 5. The van der Waals surface area contributed by atoms with Gasteiger partial charge in [-0.05, 0) is 36.7 Å². The summed E-state index contributed by atoms with van der Waals surface area (Å²) in [4.78, 5) is 8.08. The van der Waals surface area contributed by atoms with Gasteiger partial charge < -0.3 is 10.2 Å². The maximum atomic E-state index is 13.0. The molecule has 3 aromatic heterocycles. The third-order valence-electron chi connectivity index (χ3n) is 4.83. The van der Waals surface area contributed by atoms with Crippen molar-refractivity contribution in [1.82, 2.24) is 24.4 Å². The number of thiophene rings is 1. The lowest BCUT2D eigenvalue weighted by atomic mass is 10.3. The van der Waals surface area contributed by atoms with Gasteiger partial charge in [-0.3, -0.25) is 0 Å². The van der Waals surface area contributed by atoms with Gasteiger partial charge in [-0.2, -0.15) is 4.31 Å². The Kier molecular flexibility index (Phi) is 5.29. The molecular weight excluding hydrogens is 461 g/mol. The first kappa shape index (κ1) is 20.0. The molecule has 0 saturated carbocycles. The fraction of sp³-hybridized carbons (Fsp3) is 0.278. The van der Waals surface area contributed by atoms with E-state index < -0.39 is 10.0 Å². The van der Waals surface area contributed by atoms with Gasteiger partial charge in [-0.1, -0.05) is 28.7 Å². The van der Waals surface area contributed by atoms with Crippen LogP contribution in [0.2, 0.25) is 0 Å². The quantitative estimate of drug-likeness (QED) is 0.469. The Morgan fingerprint density at radius 1 is 1.03 bits per heavy atom. The van der Waals surface area contributed by atoms with E-state index in [0.29, 0.717) is 28.2 Å². The zero-order valence-electron chi connectivity index (χ0n) is 16.0. The molecule has 12 heteroatoms. The minimum Gasteiger partial charge on any atom is -0.306 e. The molecule has 4 heterocycles. The number of anilines is 2. The molecule has 0 aliphatic carbocycles. The molecule has 8 nitrogen and oxygen atoms in total. The van der Waals surface area contributed by atoms with E-state index in [4.69, 9.17) is 0 Å². The molecule has 1 aromatic carbocycles. The topological polar surface area (TPSA) is 91.3 Å². The van der Waals surface area contributed by atoms with Gasteiger partial charge in [-0.15, -0.1) is 21.5 Å². The van der Waals surface area contributed by atoms with Gasteiger partial charge in [0.1, 0.15) is 0 Å². The molecule has 1 fully saturated rings. The number of aromatic nitrogens is 3. The van der Waals surface area contributed by atoms with E-state index in [-0.39, 0.29) is 0 Å². The smallest absolute Gasteiger partial charge is 0.243 e. The summed E-state index contributed by atoms with van der Waals surface area (Å²) in [7, 11) is -1.50. The van der Waals surface area contributed by atoms with Gasteiger partial charge >= 0.3 is 0 Å². The van der Waals surface area contributed by atoms with Crippen LogP contribution in [0.3, 0.4) is 0 Å². The standard InChI is InChI=1S/C18H18N6O2S4/c1-23-6-8-24(9-7-23)30(25,26)12-4-5-13-15(11-12)28-17(19-13)20-18-22-21-16(29-18)14-3-2-10-27-14/h2-5,10-11H,6-9H2,1H3,(H,19,20,22). The Labute approximate surface area is 185 Å². The number of nitrogens with one attached hydrogen (secondary N) is 1. The van der Waals surface area contributed by atoms with Crippen molar-refractivity contribution in [3.8, 4) is 9.88 Å². The van der Waals surface area contributed by atoms with Gasteiger partial charge in [0.05, 0.1) is 20.0 Å². The second-order valence-electron chi connectivity index (χ2n) is 6.87. The third-order valence-corrected chi connectivity index (χ3v) is 9.54. The highest BCUT2D eigenvalue weighted by Gasteiger charge is 2.27. The number of likely N-dealkylation sites (N-methyl/N-ethyl adjacent to an activating group) is 1. The van der Waals surface area contributed by atoms with Crippen LogP contribution in [-0.4, -0.2) is 66.0 Å². The number of rotatable bonds is 5. The number of sulfonamides is 1. The van der Waals surface area contributed by atoms with Crippen LogP contribution in [0.15, 0.2) is 40.6 Å². The normalized spacial score (nSPS) is 16.3. The van der Waals surface area contributed by atoms with Crippen molar-refractivity contribution >= 4 is 64.5 Å². The van der Waals surface area contributed by atoms with Gasteiger partial charge in [0.25, 0.3) is 0 Å². The van der Waals surface area contributed by atoms with Crippen LogP contribution in [0.1, 0.15) is 0 Å². The van der Waals surface area contributed by atoms with E-state index in [1.54, 1.807) is 33.8 Å². The average molecular weight is 479 g/mol. The lowest BCUT2D eigenvalue weighted by Gasteiger charge is -2.31. The summed E-state index contributed by atoms with van der Waals surface area (Å²) >= 11 is 4.48. The minimum atomic E-state index is -3.50. The molecule has 5 rings (SSSR count). The highest BCUT2D eigenvalue weighted by molar-refractivity contribution is 7.89. The van der Waals surface area contributed by atoms with E-state index in [9.17, 15) is 8.42 Å². The van der Waals surface area contributed by atoms with E-state index in [1.807, 2.05) is 24.6 Å². The maximum Gasteiger partial charge on any atom is 0.243 e. The zero-order valence-corrected chi connectivity index (χ0v) is 19.2. The van der Waals surface area contributed by atoms with Crippen LogP contribution in [0, 0.1) is 0 Å². The summed E-state index contributed by atoms with van der Waals surface area (Å²) in [5, 5.41) is 15.8. The van der Waals surface area contributed by atoms with E-state index in [2.05, 4.69) is 25.4 Å². The SMILES string of the molecule is CN1CCN(S(=O)(=O)c2ccc3nc(Nc4nnc(-c5cccs5)s4)sc3c2)CC1. The third kappa shape index (κ3) is 3.86. The Hall–Kier alpha value is -1.96. The molecule has 0 spiro atoms. The van der Waals surface area contributed by atoms with Gasteiger partial charge in [0.2, 0.25) is 15.2 Å². The van der Waals surface area contributed by atoms with Crippen LogP contribution < -0.4 is 5.32 Å². The van der Waals surface area contributed by atoms with E-state index >= 15 is 0 Å². The molecule has 0 atom stereocenters. The van der Waals surface area contributed by atoms with E-state index in [0.717, 1.165) is 33.2 Å². The zero-order chi connectivity index (χ0) is 20.7. The minimum absolute atomic E-state index is 0.311. The summed E-state index contributed by atoms with van der Waals surface area (Å²) in [6.07, 6.45) is 0. The summed E-state index contributed by atoms with van der Waals surface area (Å²) < 4.78 is 28.4. The molecule has 1 saturated heterocycles. The van der Waals surface area contributed by atoms with Crippen LogP contribution in [0.4, 0.5) is 10.3 Å². The van der Waals surface area contributed by atoms with Crippen molar-refractivity contribution in [3.05, 3.63) is 35.7 Å². The molecule has 0 bridgehead atoms. The van der Waals surface area contributed by atoms with Crippen molar-refractivity contribution in [2.24, 2.45) is 0 Å². The molecule has 1 N–H and O–H groups in total. The van der Waals surface area contributed by atoms with Gasteiger partial charge in [0.15, 0.2) is 10.1 Å². The summed E-state index contributed by atoms with van der Waals surface area (Å²) in [6.45, 7) is 2.50. The van der Waals surface area contributed by atoms with Crippen molar-refractivity contribution in [2.75, 3.05) is 38.5 Å². The lowest BCUT2D eigenvalue weighted by molar-refractivity contribution is 0.222. The number of benzene rings is 1. The Morgan fingerprint density at radius 3 is 2.63 bits per heavy atom. The molecule has 156 valence electrons. The molecule has 4 aromatic rings. The summed E-state index contributed by atoms with van der Waals surface area (Å²) in [5.74, 6) is 0. The number of piperazine rings is 1. The predicted molar refractivity (Wildman–Crippen MR) is 122 cm³/mol. The molecule has 0 radical (unpaired) electrons. The predicted octanol–water partition coefficient (Wildman–Crippen LogP) is 3.56. The van der Waals surface area contributed by atoms with Crippen LogP contribution >= 0.6 is 34.0 Å². The number of thiazole rings is 1. The highest BCUT2D eigenvalue weighted by atomic mass is 32.2. The second kappa shape index (κ2) is 7.94. The molecular formula is C18H18N6O2S4. The Bertz CT molecular complexity index is 1270. The molecule has 30 heavy (non-hydrogen) atoms. The van der Waals surface area contributed by atoms with Crippen molar-refractivity contribution in [2.45, 2.75) is 4.90 Å². The fourth-order valence-corrected chi connectivity index (χ4v) is 7.19. The first-order valence-corrected chi connectivity index (χ1v) is 13.2. The molecule has 0 unspecified atom stereocenters. The highest BCUT2D eigenvalue weighted by Crippen LogP contribution is 2.34. The monoisotopic (exact) mass is 478 g/mol. The first-order valence-electron chi connectivity index (χ1n) is 9.23. The lowest BCUT2D eigenvalue weighted by Crippen LogP contribution is -2.46. The summed E-state index contributed by atoms with van der Waals surface area (Å²) in [5.41, 5.74) is 0.753. The number of hydrogen-bond donors (Lipinski definition) is 1.